The Kier molecular flexibility index (Phi) is 8.76. The molecule has 3 aromatic rings. The van der Waals surface area contributed by atoms with Gasteiger partial charge in [0.2, 0.25) is 0 Å². The number of aryl methyl sites for hydroxylation is 1. The van der Waals surface area contributed by atoms with Crippen LogP contribution in [0, 0.1) is 18.3 Å². The van der Waals surface area contributed by atoms with Crippen molar-refractivity contribution in [2.24, 2.45) is 0 Å². The second-order valence-corrected chi connectivity index (χ2v) is 9.02. The lowest BCUT2D eigenvalue weighted by Crippen LogP contribution is -2.45. The van der Waals surface area contributed by atoms with E-state index in [4.69, 9.17) is 9.47 Å². The van der Waals surface area contributed by atoms with Gasteiger partial charge in [-0.05, 0) is 35.2 Å². The molecule has 1 heterocycles. The van der Waals surface area contributed by atoms with Gasteiger partial charge in [0.15, 0.2) is 0 Å². The van der Waals surface area contributed by atoms with Crippen molar-refractivity contribution < 1.29 is 19.7 Å². The summed E-state index contributed by atoms with van der Waals surface area (Å²) in [5.41, 5.74) is 6.32. The zero-order chi connectivity index (χ0) is 26.2. The molecular formula is C31H32N2O4. The fourth-order valence-electron chi connectivity index (χ4n) is 4.58. The number of hydrogen-bond acceptors (Lipinski definition) is 6. The molecular weight excluding hydrogens is 464 g/mol. The van der Waals surface area contributed by atoms with Crippen molar-refractivity contribution >= 4 is 12.2 Å². The average molecular weight is 497 g/mol. The maximum absolute atomic E-state index is 10.0. The van der Waals surface area contributed by atoms with Crippen molar-refractivity contribution in [3.8, 4) is 22.9 Å². The summed E-state index contributed by atoms with van der Waals surface area (Å²) in [6.45, 7) is 8.02. The van der Waals surface area contributed by atoms with Crippen LogP contribution in [0.25, 0.3) is 23.3 Å². The van der Waals surface area contributed by atoms with Crippen molar-refractivity contribution in [3.05, 3.63) is 101 Å². The fourth-order valence-corrected chi connectivity index (χ4v) is 4.58. The number of ether oxygens (including phenoxy) is 2. The maximum Gasteiger partial charge on any atom is 0.124 e. The first-order valence-electron chi connectivity index (χ1n) is 12.3. The Labute approximate surface area is 218 Å². The number of nitriles is 1. The molecule has 1 atom stereocenters. The van der Waals surface area contributed by atoms with Gasteiger partial charge in [0.1, 0.15) is 24.2 Å². The Balaban J connectivity index is 1.66. The molecule has 1 fully saturated rings. The van der Waals surface area contributed by atoms with Crippen LogP contribution in [0.15, 0.2) is 73.0 Å². The normalized spacial score (nSPS) is 16.0. The van der Waals surface area contributed by atoms with Crippen LogP contribution < -0.4 is 4.74 Å². The molecule has 0 bridgehead atoms. The molecule has 4 rings (SSSR count). The van der Waals surface area contributed by atoms with Crippen LogP contribution >= 0.6 is 0 Å². The lowest BCUT2D eigenvalue weighted by molar-refractivity contribution is -0.0113. The minimum absolute atomic E-state index is 0.0832. The van der Waals surface area contributed by atoms with Gasteiger partial charge in [-0.2, -0.15) is 5.26 Å². The highest BCUT2D eigenvalue weighted by Gasteiger charge is 2.26. The second-order valence-electron chi connectivity index (χ2n) is 9.02. The first-order chi connectivity index (χ1) is 18.0. The summed E-state index contributed by atoms with van der Waals surface area (Å²) in [4.78, 5) is 2.12. The summed E-state index contributed by atoms with van der Waals surface area (Å²) in [6, 6.07) is 21.9. The van der Waals surface area contributed by atoms with Gasteiger partial charge in [0.25, 0.3) is 0 Å². The standard InChI is InChI=1S/C31H32N2O4/c1-22-17-27(20-33-13-15-36-21-30(33)23(2)35)31(37-16-14-34)18-26(22)12-11-25-9-6-10-28(29(25)19-32)24-7-4-3-5-8-24/h3-12,17-18,30,34-35H,2,13-16,20-21H2,1H3/b12-11+/t30-/m0/s1. The molecule has 37 heavy (non-hydrogen) atoms. The van der Waals surface area contributed by atoms with Gasteiger partial charge in [-0.25, -0.2) is 0 Å². The van der Waals surface area contributed by atoms with Crippen molar-refractivity contribution in [1.82, 2.24) is 4.90 Å². The van der Waals surface area contributed by atoms with Gasteiger partial charge in [-0.1, -0.05) is 73.3 Å². The highest BCUT2D eigenvalue weighted by molar-refractivity contribution is 5.81. The minimum atomic E-state index is -0.277. The minimum Gasteiger partial charge on any atom is -0.511 e. The van der Waals surface area contributed by atoms with Crippen LogP contribution in [0.3, 0.4) is 0 Å². The molecule has 1 saturated heterocycles. The van der Waals surface area contributed by atoms with Crippen molar-refractivity contribution in [2.45, 2.75) is 19.5 Å². The molecule has 1 aliphatic rings. The molecule has 0 aromatic heterocycles. The highest BCUT2D eigenvalue weighted by Crippen LogP contribution is 2.30. The lowest BCUT2D eigenvalue weighted by atomic mass is 9.95. The van der Waals surface area contributed by atoms with E-state index in [1.165, 1.54) is 0 Å². The third-order valence-corrected chi connectivity index (χ3v) is 6.53. The maximum atomic E-state index is 10.0. The van der Waals surface area contributed by atoms with Gasteiger partial charge in [-0.3, -0.25) is 4.90 Å². The molecule has 190 valence electrons. The van der Waals surface area contributed by atoms with Gasteiger partial charge in [-0.15, -0.1) is 0 Å². The molecule has 0 amide bonds. The number of benzene rings is 3. The molecule has 6 heteroatoms. The van der Waals surface area contributed by atoms with E-state index in [2.05, 4.69) is 23.6 Å². The zero-order valence-corrected chi connectivity index (χ0v) is 21.1. The first kappa shape index (κ1) is 26.2. The van der Waals surface area contributed by atoms with E-state index in [1.807, 2.05) is 73.7 Å². The van der Waals surface area contributed by atoms with E-state index in [0.29, 0.717) is 37.6 Å². The van der Waals surface area contributed by atoms with Crippen molar-refractivity contribution in [3.63, 3.8) is 0 Å². The van der Waals surface area contributed by atoms with Crippen LogP contribution in [0.1, 0.15) is 27.8 Å². The number of nitrogens with zero attached hydrogens (tertiary/aromatic N) is 2. The molecule has 0 radical (unpaired) electrons. The summed E-state index contributed by atoms with van der Waals surface area (Å²) in [5, 5.41) is 29.3. The predicted octanol–water partition coefficient (Wildman–Crippen LogP) is 5.35. The first-order valence-corrected chi connectivity index (χ1v) is 12.3. The van der Waals surface area contributed by atoms with Crippen LogP contribution in [0.2, 0.25) is 0 Å². The Morgan fingerprint density at radius 3 is 2.68 bits per heavy atom. The number of aliphatic hydroxyl groups excluding tert-OH is 2. The fraction of sp³-hybridized carbons (Fsp3) is 0.258. The van der Waals surface area contributed by atoms with E-state index in [-0.39, 0.29) is 25.0 Å². The molecule has 0 saturated carbocycles. The zero-order valence-electron chi connectivity index (χ0n) is 21.1. The second kappa shape index (κ2) is 12.4. The predicted molar refractivity (Wildman–Crippen MR) is 146 cm³/mol. The quantitative estimate of drug-likeness (QED) is 0.307. The molecule has 0 spiro atoms. The Morgan fingerprint density at radius 2 is 1.95 bits per heavy atom. The average Bonchev–Trinajstić information content (AvgIpc) is 2.92. The van der Waals surface area contributed by atoms with Gasteiger partial charge < -0.3 is 19.7 Å². The molecule has 1 aliphatic heterocycles. The van der Waals surface area contributed by atoms with Gasteiger partial charge in [0.05, 0.1) is 31.4 Å². The summed E-state index contributed by atoms with van der Waals surface area (Å²) >= 11 is 0. The monoisotopic (exact) mass is 496 g/mol. The third kappa shape index (κ3) is 6.28. The van der Waals surface area contributed by atoms with E-state index in [0.717, 1.165) is 33.4 Å². The topological polar surface area (TPSA) is 86.0 Å². The number of aliphatic hydroxyl groups is 2. The summed E-state index contributed by atoms with van der Waals surface area (Å²) < 4.78 is 11.4. The smallest absolute Gasteiger partial charge is 0.124 e. The van der Waals surface area contributed by atoms with Crippen molar-refractivity contribution in [2.75, 3.05) is 33.0 Å². The van der Waals surface area contributed by atoms with Crippen LogP contribution in [-0.2, 0) is 11.3 Å². The summed E-state index contributed by atoms with van der Waals surface area (Å²) in [6.07, 6.45) is 3.94. The van der Waals surface area contributed by atoms with E-state index in [1.54, 1.807) is 0 Å². The van der Waals surface area contributed by atoms with Crippen LogP contribution in [0.5, 0.6) is 5.75 Å². The van der Waals surface area contributed by atoms with E-state index < -0.39 is 0 Å². The van der Waals surface area contributed by atoms with Gasteiger partial charge >= 0.3 is 0 Å². The van der Waals surface area contributed by atoms with Gasteiger partial charge in [0, 0.05) is 24.2 Å². The Morgan fingerprint density at radius 1 is 1.16 bits per heavy atom. The van der Waals surface area contributed by atoms with Crippen LogP contribution in [-0.4, -0.2) is 54.1 Å². The van der Waals surface area contributed by atoms with Crippen LogP contribution in [0.4, 0.5) is 0 Å². The largest absolute Gasteiger partial charge is 0.511 e. The number of morpholine rings is 1. The number of hydrogen-bond donors (Lipinski definition) is 2. The molecule has 0 aliphatic carbocycles. The molecule has 2 N–H and O–H groups in total. The molecule has 0 unspecified atom stereocenters. The Bertz CT molecular complexity index is 1310. The van der Waals surface area contributed by atoms with E-state index >= 15 is 0 Å². The lowest BCUT2D eigenvalue weighted by Gasteiger charge is -2.35. The molecule has 6 nitrogen and oxygen atoms in total. The third-order valence-electron chi connectivity index (χ3n) is 6.53. The summed E-state index contributed by atoms with van der Waals surface area (Å²) in [7, 11) is 0. The molecule has 3 aromatic carbocycles. The summed E-state index contributed by atoms with van der Waals surface area (Å²) in [5.74, 6) is 0.756. The van der Waals surface area contributed by atoms with E-state index in [9.17, 15) is 15.5 Å². The SMILES string of the molecule is C=C(O)[C@@H]1COCCN1Cc1cc(C)c(/C=C/c2cccc(-c3ccccc3)c2C#N)cc1OCCO. The Hall–Kier alpha value is -3.89. The highest BCUT2D eigenvalue weighted by atomic mass is 16.5. The van der Waals surface area contributed by atoms with Crippen molar-refractivity contribution in [1.29, 1.82) is 5.26 Å². The number of rotatable bonds is 9.